The van der Waals surface area contributed by atoms with Gasteiger partial charge in [0, 0.05) is 25.2 Å². The number of anilines is 1. The summed E-state index contributed by atoms with van der Waals surface area (Å²) < 4.78 is 12.1. The minimum absolute atomic E-state index is 0.00855. The van der Waals surface area contributed by atoms with Crippen molar-refractivity contribution >= 4 is 11.6 Å². The molecule has 2 aliphatic heterocycles. The van der Waals surface area contributed by atoms with Gasteiger partial charge in [-0.05, 0) is 79.9 Å². The van der Waals surface area contributed by atoms with Crippen LogP contribution in [0.2, 0.25) is 0 Å². The van der Waals surface area contributed by atoms with Crippen molar-refractivity contribution in [3.63, 3.8) is 0 Å². The van der Waals surface area contributed by atoms with Crippen LogP contribution in [0.5, 0.6) is 11.5 Å². The first-order valence-corrected chi connectivity index (χ1v) is 12.3. The van der Waals surface area contributed by atoms with E-state index >= 15 is 0 Å². The number of benzene rings is 3. The van der Waals surface area contributed by atoms with Gasteiger partial charge in [0.2, 0.25) is 0 Å². The highest BCUT2D eigenvalue weighted by molar-refractivity contribution is 5.99. The van der Waals surface area contributed by atoms with Crippen molar-refractivity contribution in [1.82, 2.24) is 4.90 Å². The molecule has 0 aliphatic carbocycles. The molecule has 0 bridgehead atoms. The van der Waals surface area contributed by atoms with E-state index < -0.39 is 6.10 Å². The van der Waals surface area contributed by atoms with Gasteiger partial charge in [-0.2, -0.15) is 0 Å². The molecule has 34 heavy (non-hydrogen) atoms. The normalized spacial score (nSPS) is 18.4. The molecule has 1 atom stereocenters. The van der Waals surface area contributed by atoms with Crippen LogP contribution in [0.15, 0.2) is 72.8 Å². The van der Waals surface area contributed by atoms with E-state index in [0.717, 1.165) is 40.4 Å². The molecular weight excluding hydrogens is 424 g/mol. The van der Waals surface area contributed by atoms with Gasteiger partial charge in [0.25, 0.3) is 5.91 Å². The van der Waals surface area contributed by atoms with E-state index in [-0.39, 0.29) is 5.91 Å². The summed E-state index contributed by atoms with van der Waals surface area (Å²) in [6.07, 6.45) is 2.80. The molecule has 176 valence electrons. The van der Waals surface area contributed by atoms with Crippen LogP contribution >= 0.6 is 0 Å². The molecule has 0 spiro atoms. The van der Waals surface area contributed by atoms with Crippen LogP contribution in [0.4, 0.5) is 5.69 Å². The molecule has 2 fully saturated rings. The zero-order chi connectivity index (χ0) is 23.3. The summed E-state index contributed by atoms with van der Waals surface area (Å²) in [6, 6.07) is 24.2. The molecule has 0 saturated carbocycles. The van der Waals surface area contributed by atoms with Crippen LogP contribution in [-0.4, -0.2) is 49.7 Å². The zero-order valence-electron chi connectivity index (χ0n) is 19.8. The quantitative estimate of drug-likeness (QED) is 0.460. The van der Waals surface area contributed by atoms with E-state index in [0.29, 0.717) is 19.6 Å². The summed E-state index contributed by atoms with van der Waals surface area (Å²) in [5.74, 6) is 1.62. The number of carbonyl (C=O) groups is 1. The van der Waals surface area contributed by atoms with Crippen LogP contribution in [0, 0.1) is 6.92 Å². The molecule has 1 amide bonds. The molecular formula is C29H32N2O3. The number of carbonyl (C=O) groups excluding carboxylic acids is 1. The van der Waals surface area contributed by atoms with Crippen molar-refractivity contribution in [2.75, 3.05) is 37.7 Å². The molecule has 5 heteroatoms. The van der Waals surface area contributed by atoms with Gasteiger partial charge in [0.15, 0.2) is 6.10 Å². The Hall–Kier alpha value is -3.31. The van der Waals surface area contributed by atoms with Gasteiger partial charge in [-0.25, -0.2) is 0 Å². The second kappa shape index (κ2) is 10.3. The van der Waals surface area contributed by atoms with Crippen LogP contribution < -0.4 is 14.4 Å². The summed E-state index contributed by atoms with van der Waals surface area (Å²) in [7, 11) is 0. The summed E-state index contributed by atoms with van der Waals surface area (Å²) in [4.78, 5) is 17.3. The van der Waals surface area contributed by atoms with E-state index in [1.54, 1.807) is 0 Å². The molecule has 2 saturated heterocycles. The predicted molar refractivity (Wildman–Crippen MR) is 136 cm³/mol. The maximum atomic E-state index is 13.1. The second-order valence-electron chi connectivity index (χ2n) is 9.12. The maximum absolute atomic E-state index is 13.1. The highest BCUT2D eigenvalue weighted by Gasteiger charge is 2.34. The Balaban J connectivity index is 1.17. The van der Waals surface area contributed by atoms with E-state index in [4.69, 9.17) is 9.47 Å². The Morgan fingerprint density at radius 1 is 0.882 bits per heavy atom. The smallest absolute Gasteiger partial charge is 0.268 e. The minimum Gasteiger partial charge on any atom is -0.492 e. The lowest BCUT2D eigenvalue weighted by Gasteiger charge is -2.20. The Labute approximate surface area is 201 Å². The summed E-state index contributed by atoms with van der Waals surface area (Å²) in [5, 5.41) is 0. The first-order valence-electron chi connectivity index (χ1n) is 12.3. The number of nitrogens with zero attached hydrogens (tertiary/aromatic N) is 2. The monoisotopic (exact) mass is 456 g/mol. The van der Waals surface area contributed by atoms with Crippen molar-refractivity contribution in [2.45, 2.75) is 32.3 Å². The van der Waals surface area contributed by atoms with Gasteiger partial charge in [-0.1, -0.05) is 42.5 Å². The van der Waals surface area contributed by atoms with E-state index in [9.17, 15) is 4.79 Å². The Morgan fingerprint density at radius 2 is 1.62 bits per heavy atom. The van der Waals surface area contributed by atoms with Crippen molar-refractivity contribution in [1.29, 1.82) is 0 Å². The first kappa shape index (κ1) is 22.5. The number of likely N-dealkylation sites (tertiary alicyclic amines) is 1. The van der Waals surface area contributed by atoms with Gasteiger partial charge < -0.3 is 14.4 Å². The Bertz CT molecular complexity index is 1110. The van der Waals surface area contributed by atoms with Crippen LogP contribution in [0.1, 0.15) is 24.8 Å². The molecule has 2 aliphatic rings. The minimum atomic E-state index is -0.459. The number of rotatable bonds is 8. The molecule has 0 N–H and O–H groups in total. The molecule has 3 aromatic carbocycles. The highest BCUT2D eigenvalue weighted by Crippen LogP contribution is 2.30. The van der Waals surface area contributed by atoms with Gasteiger partial charge in [-0.15, -0.1) is 0 Å². The number of aryl methyl sites for hydroxylation is 1. The molecule has 0 radical (unpaired) electrons. The lowest BCUT2D eigenvalue weighted by molar-refractivity contribution is -0.122. The van der Waals surface area contributed by atoms with Gasteiger partial charge in [0.05, 0.1) is 0 Å². The Kier molecular flexibility index (Phi) is 6.82. The number of amides is 1. The molecule has 0 unspecified atom stereocenters. The zero-order valence-corrected chi connectivity index (χ0v) is 19.8. The molecule has 2 heterocycles. The molecule has 5 nitrogen and oxygen atoms in total. The van der Waals surface area contributed by atoms with Crippen molar-refractivity contribution < 1.29 is 14.3 Å². The maximum Gasteiger partial charge on any atom is 0.268 e. The fraction of sp³-hybridized carbons (Fsp3) is 0.345. The third-order valence-corrected chi connectivity index (χ3v) is 6.73. The summed E-state index contributed by atoms with van der Waals surface area (Å²) in [6.45, 7) is 6.72. The predicted octanol–water partition coefficient (Wildman–Crippen LogP) is 5.32. The van der Waals surface area contributed by atoms with Gasteiger partial charge >= 0.3 is 0 Å². The second-order valence-corrected chi connectivity index (χ2v) is 9.12. The third kappa shape index (κ3) is 5.10. The fourth-order valence-electron chi connectivity index (χ4n) is 4.79. The lowest BCUT2D eigenvalue weighted by atomic mass is 10.1. The van der Waals surface area contributed by atoms with Crippen LogP contribution in [0.25, 0.3) is 11.1 Å². The fourth-order valence-corrected chi connectivity index (χ4v) is 4.79. The van der Waals surface area contributed by atoms with Gasteiger partial charge in [-0.3, -0.25) is 9.69 Å². The topological polar surface area (TPSA) is 42.0 Å². The highest BCUT2D eigenvalue weighted by atomic mass is 16.5. The SMILES string of the molecule is Cc1cc(N2CC[C@@H](Oc3ccc(-c4ccccc4)cc3)C2=O)ccc1OCCN1CCCC1. The molecule has 0 aromatic heterocycles. The standard InChI is InChI=1S/C29H32N2O3/c1-22-21-25(11-14-27(22)33-20-19-30-16-5-6-17-30)31-18-15-28(29(31)32)34-26-12-9-24(10-13-26)23-7-3-2-4-8-23/h2-4,7-14,21,28H,5-6,15-20H2,1H3/t28-/m1/s1. The van der Waals surface area contributed by atoms with Crippen LogP contribution in [0.3, 0.4) is 0 Å². The average molecular weight is 457 g/mol. The number of hydrogen-bond acceptors (Lipinski definition) is 4. The van der Waals surface area contributed by atoms with E-state index in [2.05, 4.69) is 17.0 Å². The first-order chi connectivity index (χ1) is 16.7. The summed E-state index contributed by atoms with van der Waals surface area (Å²) >= 11 is 0. The van der Waals surface area contributed by atoms with Crippen LogP contribution in [-0.2, 0) is 4.79 Å². The van der Waals surface area contributed by atoms with Crippen molar-refractivity contribution in [3.05, 3.63) is 78.4 Å². The van der Waals surface area contributed by atoms with E-state index in [1.165, 1.54) is 25.9 Å². The average Bonchev–Trinajstić information content (AvgIpc) is 3.51. The van der Waals surface area contributed by atoms with E-state index in [1.807, 2.05) is 72.5 Å². The van der Waals surface area contributed by atoms with Crippen molar-refractivity contribution in [3.8, 4) is 22.6 Å². The number of hydrogen-bond donors (Lipinski definition) is 0. The largest absolute Gasteiger partial charge is 0.492 e. The molecule has 5 rings (SSSR count). The molecule has 3 aromatic rings. The summed E-state index contributed by atoms with van der Waals surface area (Å²) in [5.41, 5.74) is 4.24. The third-order valence-electron chi connectivity index (χ3n) is 6.73. The van der Waals surface area contributed by atoms with Gasteiger partial charge in [0.1, 0.15) is 18.1 Å². The van der Waals surface area contributed by atoms with Crippen molar-refractivity contribution in [2.24, 2.45) is 0 Å². The number of ether oxygens (including phenoxy) is 2. The Morgan fingerprint density at radius 3 is 2.35 bits per heavy atom. The lowest BCUT2D eigenvalue weighted by Crippen LogP contribution is -2.32.